The van der Waals surface area contributed by atoms with Crippen molar-refractivity contribution in [3.05, 3.63) is 58.3 Å². The second-order valence-electron chi connectivity index (χ2n) is 7.59. The van der Waals surface area contributed by atoms with E-state index in [-0.39, 0.29) is 6.04 Å². The number of hydrogen-bond acceptors (Lipinski definition) is 3. The average Bonchev–Trinajstić information content (AvgIpc) is 3.39. The highest BCUT2D eigenvalue weighted by Crippen LogP contribution is 2.31. The summed E-state index contributed by atoms with van der Waals surface area (Å²) in [7, 11) is -1.54. The summed E-state index contributed by atoms with van der Waals surface area (Å²) in [6.07, 6.45) is 8.96. The topological polar surface area (TPSA) is 55.2 Å². The van der Waals surface area contributed by atoms with E-state index < -0.39 is 10.0 Å². The van der Waals surface area contributed by atoms with Gasteiger partial charge in [0.2, 0.25) is 10.0 Å². The van der Waals surface area contributed by atoms with E-state index in [2.05, 4.69) is 5.10 Å². The predicted octanol–water partition coefficient (Wildman–Crippen LogP) is 3.65. The van der Waals surface area contributed by atoms with E-state index >= 15 is 0 Å². The van der Waals surface area contributed by atoms with Gasteiger partial charge in [0, 0.05) is 24.2 Å². The summed E-state index contributed by atoms with van der Waals surface area (Å²) in [6, 6.07) is 9.67. The van der Waals surface area contributed by atoms with Crippen molar-refractivity contribution in [3.63, 3.8) is 0 Å². The van der Waals surface area contributed by atoms with Crippen LogP contribution in [0.2, 0.25) is 0 Å². The minimum atomic E-state index is -3.51. The van der Waals surface area contributed by atoms with Crippen LogP contribution in [0.5, 0.6) is 0 Å². The third-order valence-corrected chi connectivity index (χ3v) is 7.36. The van der Waals surface area contributed by atoms with Gasteiger partial charge in [0.05, 0.1) is 12.2 Å². The van der Waals surface area contributed by atoms with Crippen LogP contribution < -0.4 is 0 Å². The Kier molecular flexibility index (Phi) is 5.19. The molecule has 1 aromatic heterocycles. The monoisotopic (exact) mass is 385 g/mol. The van der Waals surface area contributed by atoms with Gasteiger partial charge < -0.3 is 0 Å². The van der Waals surface area contributed by atoms with Crippen LogP contribution in [0, 0.1) is 0 Å². The number of hydrogen-bond donors (Lipinski definition) is 0. The first kappa shape index (κ1) is 18.4. The summed E-state index contributed by atoms with van der Waals surface area (Å²) in [6.45, 7) is 0.384. The first-order valence-corrected chi connectivity index (χ1v) is 11.3. The lowest BCUT2D eigenvalue weighted by Gasteiger charge is -2.26. The molecule has 4 rings (SSSR count). The van der Waals surface area contributed by atoms with Gasteiger partial charge in [-0.3, -0.25) is 4.68 Å². The maximum Gasteiger partial charge on any atom is 0.236 e. The molecule has 0 amide bonds. The molecule has 0 N–H and O–H groups in total. The zero-order valence-electron chi connectivity index (χ0n) is 15.8. The van der Waals surface area contributed by atoms with Gasteiger partial charge in [0.25, 0.3) is 0 Å². The Labute approximate surface area is 161 Å². The van der Waals surface area contributed by atoms with Crippen molar-refractivity contribution in [2.24, 2.45) is 7.05 Å². The average molecular weight is 386 g/mol. The zero-order chi connectivity index (χ0) is 18.9. The standard InChI is InChI=1S/C21H27N3O2S/c1-23-21-13-7-12-19(21)20(22-23)16-24(18-10-5-6-11-18)27(25,26)15-14-17-8-3-2-4-9-17/h2-4,8-9,14-15,18H,5-7,10-13,16H2,1H3. The molecule has 0 aliphatic heterocycles. The second kappa shape index (κ2) is 7.60. The van der Waals surface area contributed by atoms with Crippen molar-refractivity contribution >= 4 is 16.1 Å². The quantitative estimate of drug-likeness (QED) is 0.763. The van der Waals surface area contributed by atoms with E-state index in [1.54, 1.807) is 10.4 Å². The molecule has 144 valence electrons. The van der Waals surface area contributed by atoms with Crippen LogP contribution in [0.3, 0.4) is 0 Å². The number of aromatic nitrogens is 2. The number of benzene rings is 1. The van der Waals surface area contributed by atoms with Crippen molar-refractivity contribution in [1.82, 2.24) is 14.1 Å². The van der Waals surface area contributed by atoms with Crippen LogP contribution in [0.25, 0.3) is 6.08 Å². The molecule has 6 heteroatoms. The molecule has 0 radical (unpaired) electrons. The first-order chi connectivity index (χ1) is 13.0. The van der Waals surface area contributed by atoms with Gasteiger partial charge in [0.15, 0.2) is 0 Å². The van der Waals surface area contributed by atoms with E-state index in [0.717, 1.165) is 56.2 Å². The minimum absolute atomic E-state index is 0.0782. The van der Waals surface area contributed by atoms with Gasteiger partial charge in [-0.2, -0.15) is 9.40 Å². The molecule has 1 fully saturated rings. The molecule has 0 bridgehead atoms. The highest BCUT2D eigenvalue weighted by atomic mass is 32.2. The van der Waals surface area contributed by atoms with Crippen LogP contribution in [0.1, 0.15) is 54.6 Å². The van der Waals surface area contributed by atoms with Crippen LogP contribution in [-0.4, -0.2) is 28.5 Å². The van der Waals surface area contributed by atoms with Crippen molar-refractivity contribution in [2.75, 3.05) is 0 Å². The Morgan fingerprint density at radius 1 is 1.15 bits per heavy atom. The molecular weight excluding hydrogens is 358 g/mol. The van der Waals surface area contributed by atoms with E-state index in [1.807, 2.05) is 42.1 Å². The Hall–Kier alpha value is -1.92. The fraction of sp³-hybridized carbons (Fsp3) is 0.476. The van der Waals surface area contributed by atoms with Crippen molar-refractivity contribution in [1.29, 1.82) is 0 Å². The second-order valence-corrected chi connectivity index (χ2v) is 9.36. The molecule has 1 saturated carbocycles. The van der Waals surface area contributed by atoms with Crippen LogP contribution in [0.4, 0.5) is 0 Å². The molecule has 2 aliphatic carbocycles. The van der Waals surface area contributed by atoms with Crippen LogP contribution in [-0.2, 0) is 36.5 Å². The lowest BCUT2D eigenvalue weighted by Crippen LogP contribution is -2.37. The van der Waals surface area contributed by atoms with Gasteiger partial charge in [-0.25, -0.2) is 8.42 Å². The lowest BCUT2D eigenvalue weighted by atomic mass is 10.2. The number of fused-ring (bicyclic) bond motifs is 1. The van der Waals surface area contributed by atoms with Crippen molar-refractivity contribution < 1.29 is 8.42 Å². The van der Waals surface area contributed by atoms with Gasteiger partial charge in [0.1, 0.15) is 0 Å². The summed E-state index contributed by atoms with van der Waals surface area (Å²) >= 11 is 0. The highest BCUT2D eigenvalue weighted by Gasteiger charge is 2.33. The predicted molar refractivity (Wildman–Crippen MR) is 107 cm³/mol. The van der Waals surface area contributed by atoms with E-state index in [9.17, 15) is 8.42 Å². The SMILES string of the molecule is Cn1nc(CN(C2CCCC2)S(=O)(=O)C=Cc2ccccc2)c2c1CCC2. The summed E-state index contributed by atoms with van der Waals surface area (Å²) in [5.41, 5.74) is 4.37. The number of aryl methyl sites for hydroxylation is 1. The minimum Gasteiger partial charge on any atom is -0.272 e. The molecule has 2 aromatic rings. The van der Waals surface area contributed by atoms with E-state index in [0.29, 0.717) is 6.54 Å². The van der Waals surface area contributed by atoms with Gasteiger partial charge in [-0.05, 0) is 49.3 Å². The number of nitrogens with zero attached hydrogens (tertiary/aromatic N) is 3. The Bertz CT molecular complexity index is 926. The van der Waals surface area contributed by atoms with Crippen LogP contribution >= 0.6 is 0 Å². The highest BCUT2D eigenvalue weighted by molar-refractivity contribution is 7.92. The summed E-state index contributed by atoms with van der Waals surface area (Å²) < 4.78 is 30.1. The smallest absolute Gasteiger partial charge is 0.236 e. The summed E-state index contributed by atoms with van der Waals surface area (Å²) in [4.78, 5) is 0. The fourth-order valence-corrected chi connectivity index (χ4v) is 5.81. The molecule has 0 saturated heterocycles. The van der Waals surface area contributed by atoms with Gasteiger partial charge in [-0.15, -0.1) is 0 Å². The molecule has 0 atom stereocenters. The Morgan fingerprint density at radius 3 is 2.63 bits per heavy atom. The van der Waals surface area contributed by atoms with E-state index in [4.69, 9.17) is 0 Å². The molecule has 0 spiro atoms. The number of sulfonamides is 1. The normalized spacial score (nSPS) is 18.0. The number of rotatable bonds is 6. The largest absolute Gasteiger partial charge is 0.272 e. The third kappa shape index (κ3) is 3.87. The van der Waals surface area contributed by atoms with E-state index in [1.165, 1.54) is 16.7 Å². The molecule has 1 aromatic carbocycles. The van der Waals surface area contributed by atoms with Gasteiger partial charge >= 0.3 is 0 Å². The summed E-state index contributed by atoms with van der Waals surface area (Å²) in [5.74, 6) is 0. The Balaban J connectivity index is 1.63. The molecule has 0 unspecified atom stereocenters. The maximum absolute atomic E-state index is 13.2. The zero-order valence-corrected chi connectivity index (χ0v) is 16.7. The van der Waals surface area contributed by atoms with Gasteiger partial charge in [-0.1, -0.05) is 43.2 Å². The molecule has 2 aliphatic rings. The van der Waals surface area contributed by atoms with Crippen LogP contribution in [0.15, 0.2) is 35.7 Å². The van der Waals surface area contributed by atoms with Crippen molar-refractivity contribution in [2.45, 2.75) is 57.5 Å². The molecule has 1 heterocycles. The molecule has 5 nitrogen and oxygen atoms in total. The summed E-state index contributed by atoms with van der Waals surface area (Å²) in [5, 5.41) is 6.03. The maximum atomic E-state index is 13.2. The first-order valence-electron chi connectivity index (χ1n) is 9.83. The molecular formula is C21H27N3O2S. The Morgan fingerprint density at radius 2 is 1.89 bits per heavy atom. The lowest BCUT2D eigenvalue weighted by molar-refractivity contribution is 0.315. The van der Waals surface area contributed by atoms with Crippen molar-refractivity contribution in [3.8, 4) is 0 Å². The third-order valence-electron chi connectivity index (χ3n) is 5.79. The fourth-order valence-electron chi connectivity index (χ4n) is 4.40. The molecule has 27 heavy (non-hydrogen) atoms.